The third-order valence-electron chi connectivity index (χ3n) is 6.42. The van der Waals surface area contributed by atoms with E-state index in [-0.39, 0.29) is 29.9 Å². The number of alkyl halides is 3. The normalized spacial score (nSPS) is 25.4. The summed E-state index contributed by atoms with van der Waals surface area (Å²) in [4.78, 5) is 27.6. The zero-order valence-corrected chi connectivity index (χ0v) is 15.7. The highest BCUT2D eigenvalue weighted by Gasteiger charge is 2.56. The van der Waals surface area contributed by atoms with Gasteiger partial charge in [-0.3, -0.25) is 9.48 Å². The zero-order chi connectivity index (χ0) is 20.4. The summed E-state index contributed by atoms with van der Waals surface area (Å²) in [6.07, 6.45) is -1.25. The van der Waals surface area contributed by atoms with Crippen LogP contribution >= 0.6 is 0 Å². The number of likely N-dealkylation sites (tertiary alicyclic amines) is 2. The van der Waals surface area contributed by atoms with Crippen LogP contribution in [0.25, 0.3) is 0 Å². The van der Waals surface area contributed by atoms with Gasteiger partial charge >= 0.3 is 12.2 Å². The molecule has 1 saturated carbocycles. The predicted molar refractivity (Wildman–Crippen MR) is 92.6 cm³/mol. The van der Waals surface area contributed by atoms with E-state index < -0.39 is 17.4 Å². The summed E-state index contributed by atoms with van der Waals surface area (Å²) in [5.74, 6) is 0.140. The van der Waals surface area contributed by atoms with Crippen LogP contribution in [0.2, 0.25) is 0 Å². The molecule has 1 aliphatic carbocycles. The first kappa shape index (κ1) is 18.7. The second kappa shape index (κ2) is 6.10. The van der Waals surface area contributed by atoms with Gasteiger partial charge in [-0.05, 0) is 24.8 Å². The molecule has 4 heterocycles. The fourth-order valence-corrected chi connectivity index (χ4v) is 5.23. The minimum absolute atomic E-state index is 0.0218. The molecule has 1 N–H and O–H groups in total. The van der Waals surface area contributed by atoms with E-state index in [2.05, 4.69) is 10.4 Å². The lowest BCUT2D eigenvalue weighted by Crippen LogP contribution is -2.78. The molecule has 0 bridgehead atoms. The van der Waals surface area contributed by atoms with Gasteiger partial charge in [-0.15, -0.1) is 0 Å². The van der Waals surface area contributed by atoms with Crippen molar-refractivity contribution in [2.45, 2.75) is 31.1 Å². The number of urea groups is 1. The second-order valence-corrected chi connectivity index (χ2v) is 9.01. The predicted octanol–water partition coefficient (Wildman–Crippen LogP) is 0.935. The Morgan fingerprint density at radius 1 is 1.24 bits per heavy atom. The van der Waals surface area contributed by atoms with Crippen molar-refractivity contribution in [1.29, 1.82) is 0 Å². The Morgan fingerprint density at radius 3 is 2.55 bits per heavy atom. The zero-order valence-electron chi connectivity index (χ0n) is 15.7. The number of halogens is 3. The lowest BCUT2D eigenvalue weighted by molar-refractivity contribution is -0.143. The number of aromatic nitrogens is 2. The van der Waals surface area contributed by atoms with E-state index in [1.54, 1.807) is 4.90 Å². The molecule has 5 rings (SSSR count). The summed E-state index contributed by atoms with van der Waals surface area (Å²) in [7, 11) is 0. The average molecular weight is 413 g/mol. The molecule has 11 heteroatoms. The first-order valence-electron chi connectivity index (χ1n) is 9.69. The molecule has 0 unspecified atom stereocenters. The molecule has 3 amide bonds. The van der Waals surface area contributed by atoms with Crippen molar-refractivity contribution in [1.82, 2.24) is 24.9 Å². The standard InChI is InChI=1S/C18H22F3N5O3/c19-18(20,21)13-1-2-26(23-13)5-12-3-16(4-12)7-24(8-16)15(28)25-9-17(10-25)11-29-6-14(27)22-17/h1-2,12H,3-11H2,(H,22,27). The molecule has 4 fully saturated rings. The molecule has 29 heavy (non-hydrogen) atoms. The molecular formula is C18H22F3N5O3. The van der Waals surface area contributed by atoms with Gasteiger partial charge in [-0.2, -0.15) is 18.3 Å². The minimum Gasteiger partial charge on any atom is -0.369 e. The number of morpholine rings is 1. The van der Waals surface area contributed by atoms with Crippen molar-refractivity contribution in [3.05, 3.63) is 18.0 Å². The highest BCUT2D eigenvalue weighted by atomic mass is 19.4. The van der Waals surface area contributed by atoms with E-state index in [9.17, 15) is 22.8 Å². The summed E-state index contributed by atoms with van der Waals surface area (Å²) in [6.45, 7) is 3.26. The molecule has 1 aromatic rings. The monoisotopic (exact) mass is 413 g/mol. The maximum Gasteiger partial charge on any atom is 0.435 e. The first-order valence-corrected chi connectivity index (χ1v) is 9.69. The van der Waals surface area contributed by atoms with Gasteiger partial charge in [0.15, 0.2) is 5.69 Å². The summed E-state index contributed by atoms with van der Waals surface area (Å²) >= 11 is 0. The Morgan fingerprint density at radius 2 is 1.93 bits per heavy atom. The molecule has 1 aromatic heterocycles. The average Bonchev–Trinajstić information content (AvgIpc) is 3.02. The van der Waals surface area contributed by atoms with Gasteiger partial charge in [0.2, 0.25) is 5.91 Å². The molecular weight excluding hydrogens is 391 g/mol. The van der Waals surface area contributed by atoms with Crippen LogP contribution in [0.15, 0.2) is 12.3 Å². The van der Waals surface area contributed by atoms with Crippen LogP contribution in [0, 0.1) is 11.3 Å². The van der Waals surface area contributed by atoms with Crippen LogP contribution in [0.3, 0.4) is 0 Å². The number of nitrogens with zero attached hydrogens (tertiary/aromatic N) is 4. The number of amides is 3. The van der Waals surface area contributed by atoms with Gasteiger partial charge in [0, 0.05) is 44.3 Å². The number of ether oxygens (including phenoxy) is 1. The van der Waals surface area contributed by atoms with E-state index in [1.165, 1.54) is 10.9 Å². The number of carbonyl (C=O) groups excluding carboxylic acids is 2. The summed E-state index contributed by atoms with van der Waals surface area (Å²) in [5.41, 5.74) is -1.20. The summed E-state index contributed by atoms with van der Waals surface area (Å²) < 4.78 is 44.5. The number of rotatable bonds is 2. The van der Waals surface area contributed by atoms with Crippen LogP contribution in [-0.2, 0) is 22.3 Å². The maximum absolute atomic E-state index is 12.6. The molecule has 0 aromatic carbocycles. The topological polar surface area (TPSA) is 79.7 Å². The van der Waals surface area contributed by atoms with E-state index in [1.807, 2.05) is 4.90 Å². The minimum atomic E-state index is -4.41. The Balaban J connectivity index is 1.06. The van der Waals surface area contributed by atoms with Crippen LogP contribution in [0.4, 0.5) is 18.0 Å². The van der Waals surface area contributed by atoms with Gasteiger partial charge in [-0.25, -0.2) is 4.79 Å². The molecule has 3 aliphatic heterocycles. The van der Waals surface area contributed by atoms with E-state index in [4.69, 9.17) is 4.74 Å². The summed E-state index contributed by atoms with van der Waals surface area (Å²) in [5, 5.41) is 6.52. The van der Waals surface area contributed by atoms with Gasteiger partial charge in [-0.1, -0.05) is 0 Å². The third kappa shape index (κ3) is 3.24. The molecule has 158 valence electrons. The number of hydrogen-bond acceptors (Lipinski definition) is 4. The molecule has 3 saturated heterocycles. The molecule has 8 nitrogen and oxygen atoms in total. The van der Waals surface area contributed by atoms with Gasteiger partial charge in [0.1, 0.15) is 6.61 Å². The van der Waals surface area contributed by atoms with Crippen molar-refractivity contribution >= 4 is 11.9 Å². The van der Waals surface area contributed by atoms with E-state index in [0.717, 1.165) is 18.9 Å². The highest BCUT2D eigenvalue weighted by Crippen LogP contribution is 2.52. The fraction of sp³-hybridized carbons (Fsp3) is 0.722. The van der Waals surface area contributed by atoms with Crippen LogP contribution in [0.1, 0.15) is 18.5 Å². The van der Waals surface area contributed by atoms with Crippen LogP contribution < -0.4 is 5.32 Å². The van der Waals surface area contributed by atoms with Crippen LogP contribution in [0.5, 0.6) is 0 Å². The van der Waals surface area contributed by atoms with Crippen molar-refractivity contribution in [3.63, 3.8) is 0 Å². The van der Waals surface area contributed by atoms with Crippen molar-refractivity contribution < 1.29 is 27.5 Å². The van der Waals surface area contributed by atoms with Gasteiger partial charge < -0.3 is 19.9 Å². The van der Waals surface area contributed by atoms with E-state index in [0.29, 0.717) is 39.3 Å². The Labute approximate surface area is 164 Å². The summed E-state index contributed by atoms with van der Waals surface area (Å²) in [6, 6.07) is 0.976. The smallest absolute Gasteiger partial charge is 0.369 e. The van der Waals surface area contributed by atoms with Gasteiger partial charge in [0.05, 0.1) is 12.1 Å². The van der Waals surface area contributed by atoms with Gasteiger partial charge in [0.25, 0.3) is 0 Å². The molecule has 2 spiro atoms. The highest BCUT2D eigenvalue weighted by molar-refractivity contribution is 5.81. The third-order valence-corrected chi connectivity index (χ3v) is 6.42. The van der Waals surface area contributed by atoms with Crippen molar-refractivity contribution in [2.75, 3.05) is 39.4 Å². The second-order valence-electron chi connectivity index (χ2n) is 9.01. The van der Waals surface area contributed by atoms with E-state index >= 15 is 0 Å². The number of carbonyl (C=O) groups is 2. The Hall–Kier alpha value is -2.30. The lowest BCUT2D eigenvalue weighted by atomic mass is 9.58. The Kier molecular flexibility index (Phi) is 3.94. The first-order chi connectivity index (χ1) is 13.7. The van der Waals surface area contributed by atoms with Crippen LogP contribution in [-0.4, -0.2) is 76.5 Å². The molecule has 0 radical (unpaired) electrons. The quantitative estimate of drug-likeness (QED) is 0.783. The largest absolute Gasteiger partial charge is 0.435 e. The number of nitrogens with one attached hydrogen (secondary N) is 1. The van der Waals surface area contributed by atoms with Crippen molar-refractivity contribution in [2.24, 2.45) is 11.3 Å². The number of hydrogen-bond donors (Lipinski definition) is 1. The SMILES string of the molecule is O=C1COCC2(CN(C(=O)N3CC4(CC(Cn5ccc(C(F)(F)F)n5)C4)C3)C2)N1. The maximum atomic E-state index is 12.6. The Bertz CT molecular complexity index is 834. The lowest BCUT2D eigenvalue weighted by Gasteiger charge is -2.61. The van der Waals surface area contributed by atoms with Crippen molar-refractivity contribution in [3.8, 4) is 0 Å². The fourth-order valence-electron chi connectivity index (χ4n) is 5.23. The molecule has 0 atom stereocenters. The molecule has 4 aliphatic rings.